The average Bonchev–Trinajstić information content (AvgIpc) is 2.45. The van der Waals surface area contributed by atoms with Crippen LogP contribution in [0.2, 0.25) is 0 Å². The molecule has 0 radical (unpaired) electrons. The van der Waals surface area contributed by atoms with Crippen molar-refractivity contribution in [2.24, 2.45) is 0 Å². The summed E-state index contributed by atoms with van der Waals surface area (Å²) in [6, 6.07) is 5.07. The molecule has 0 saturated carbocycles. The van der Waals surface area contributed by atoms with E-state index in [1.165, 1.54) is 24.3 Å². The van der Waals surface area contributed by atoms with Crippen molar-refractivity contribution in [1.82, 2.24) is 0 Å². The summed E-state index contributed by atoms with van der Waals surface area (Å²) in [7, 11) is -3.88. The van der Waals surface area contributed by atoms with Gasteiger partial charge in [-0.25, -0.2) is 13.2 Å². The van der Waals surface area contributed by atoms with Crippen LogP contribution in [0.4, 0.5) is 0 Å². The minimum Gasteiger partial charge on any atom is -0.480 e. The number of esters is 1. The van der Waals surface area contributed by atoms with E-state index in [0.717, 1.165) is 25.7 Å². The van der Waals surface area contributed by atoms with Gasteiger partial charge in [0.1, 0.15) is 0 Å². The molecule has 0 saturated heterocycles. The van der Waals surface area contributed by atoms with Crippen LogP contribution in [-0.2, 0) is 19.4 Å². The third kappa shape index (κ3) is 5.85. The van der Waals surface area contributed by atoms with Gasteiger partial charge >= 0.3 is 11.9 Å². The van der Waals surface area contributed by atoms with E-state index in [1.54, 1.807) is 0 Å². The molecule has 0 heterocycles. The Kier molecular flexibility index (Phi) is 7.04. The smallest absolute Gasteiger partial charge is 0.338 e. The molecule has 0 atom stereocenters. The van der Waals surface area contributed by atoms with Gasteiger partial charge in [0.2, 0.25) is 0 Å². The van der Waals surface area contributed by atoms with Crippen molar-refractivity contribution >= 4 is 21.8 Å². The Morgan fingerprint density at radius 3 is 2.27 bits per heavy atom. The molecule has 1 aromatic rings. The van der Waals surface area contributed by atoms with E-state index < -0.39 is 27.5 Å². The Hall–Kier alpha value is -1.89. The molecule has 7 heteroatoms. The first kappa shape index (κ1) is 18.2. The molecule has 122 valence electrons. The van der Waals surface area contributed by atoms with Gasteiger partial charge in [-0.2, -0.15) is 0 Å². The minimum absolute atomic E-state index is 0.130. The fraction of sp³-hybridized carbons (Fsp3) is 0.467. The summed E-state index contributed by atoms with van der Waals surface area (Å²) < 4.78 is 28.5. The predicted octanol–water partition coefficient (Wildman–Crippen LogP) is 2.28. The molecule has 0 spiro atoms. The van der Waals surface area contributed by atoms with Gasteiger partial charge in [-0.1, -0.05) is 26.2 Å². The molecule has 1 aromatic carbocycles. The number of carboxylic acids is 1. The van der Waals surface area contributed by atoms with Gasteiger partial charge in [-0.05, 0) is 30.7 Å². The van der Waals surface area contributed by atoms with Gasteiger partial charge in [0.15, 0.2) is 15.6 Å². The topological polar surface area (TPSA) is 97.7 Å². The first-order valence-electron chi connectivity index (χ1n) is 7.08. The number of sulfone groups is 1. The van der Waals surface area contributed by atoms with E-state index in [1.807, 2.05) is 0 Å². The molecule has 0 unspecified atom stereocenters. The number of carbonyl (C=O) groups is 2. The van der Waals surface area contributed by atoms with Gasteiger partial charge in [0, 0.05) is 0 Å². The van der Waals surface area contributed by atoms with Gasteiger partial charge in [0.25, 0.3) is 0 Å². The van der Waals surface area contributed by atoms with Crippen molar-refractivity contribution < 1.29 is 27.9 Å². The van der Waals surface area contributed by atoms with Crippen molar-refractivity contribution in [3.05, 3.63) is 29.8 Å². The van der Waals surface area contributed by atoms with Crippen molar-refractivity contribution in [2.75, 3.05) is 12.4 Å². The lowest BCUT2D eigenvalue weighted by molar-refractivity contribution is -0.134. The SMILES string of the molecule is CCCCCCOC(=O)c1ccc(S(=O)(=O)CC(=O)O)cc1. The van der Waals surface area contributed by atoms with Crippen molar-refractivity contribution in [1.29, 1.82) is 0 Å². The highest BCUT2D eigenvalue weighted by Crippen LogP contribution is 2.13. The molecular formula is C15H20O6S. The van der Waals surface area contributed by atoms with Crippen LogP contribution in [0.3, 0.4) is 0 Å². The molecular weight excluding hydrogens is 308 g/mol. The highest BCUT2D eigenvalue weighted by Gasteiger charge is 2.19. The Labute approximate surface area is 130 Å². The van der Waals surface area contributed by atoms with Crippen LogP contribution in [0.15, 0.2) is 29.2 Å². The van der Waals surface area contributed by atoms with E-state index in [4.69, 9.17) is 9.84 Å². The highest BCUT2D eigenvalue weighted by molar-refractivity contribution is 7.92. The number of rotatable bonds is 9. The van der Waals surface area contributed by atoms with Crippen molar-refractivity contribution in [2.45, 2.75) is 37.5 Å². The Morgan fingerprint density at radius 1 is 1.09 bits per heavy atom. The fourth-order valence-electron chi connectivity index (χ4n) is 1.82. The van der Waals surface area contributed by atoms with Crippen molar-refractivity contribution in [3.63, 3.8) is 0 Å². The molecule has 0 fully saturated rings. The lowest BCUT2D eigenvalue weighted by atomic mass is 10.2. The standard InChI is InChI=1S/C15H20O6S/c1-2-3-4-5-10-21-15(18)12-6-8-13(9-7-12)22(19,20)11-14(16)17/h6-9H,2-5,10-11H2,1H3,(H,16,17). The Bertz CT molecular complexity index is 603. The third-order valence-corrected chi connectivity index (χ3v) is 4.61. The van der Waals surface area contributed by atoms with E-state index in [0.29, 0.717) is 6.61 Å². The maximum Gasteiger partial charge on any atom is 0.338 e. The van der Waals surface area contributed by atoms with Crippen LogP contribution in [0.25, 0.3) is 0 Å². The molecule has 0 aliphatic rings. The van der Waals surface area contributed by atoms with E-state index in [2.05, 4.69) is 6.92 Å². The van der Waals surface area contributed by atoms with Crippen molar-refractivity contribution in [3.8, 4) is 0 Å². The van der Waals surface area contributed by atoms with Gasteiger partial charge in [-0.3, -0.25) is 4.79 Å². The van der Waals surface area contributed by atoms with Gasteiger partial charge < -0.3 is 9.84 Å². The second-order valence-corrected chi connectivity index (χ2v) is 6.86. The Morgan fingerprint density at radius 2 is 1.73 bits per heavy atom. The number of unbranched alkanes of at least 4 members (excludes halogenated alkanes) is 3. The van der Waals surface area contributed by atoms with E-state index in [9.17, 15) is 18.0 Å². The molecule has 0 aliphatic carbocycles. The summed E-state index contributed by atoms with van der Waals surface area (Å²) in [5, 5.41) is 8.56. The lowest BCUT2D eigenvalue weighted by Gasteiger charge is -2.06. The van der Waals surface area contributed by atoms with E-state index >= 15 is 0 Å². The summed E-state index contributed by atoms with van der Waals surface area (Å²) in [5.41, 5.74) is 0.241. The summed E-state index contributed by atoms with van der Waals surface area (Å²) in [5.74, 6) is -2.91. The fourth-order valence-corrected chi connectivity index (χ4v) is 2.86. The predicted molar refractivity (Wildman–Crippen MR) is 80.6 cm³/mol. The van der Waals surface area contributed by atoms with Crippen LogP contribution < -0.4 is 0 Å². The first-order chi connectivity index (χ1) is 10.4. The third-order valence-electron chi connectivity index (χ3n) is 2.99. The summed E-state index contributed by atoms with van der Waals surface area (Å²) in [4.78, 5) is 22.1. The second-order valence-electron chi connectivity index (χ2n) is 4.87. The lowest BCUT2D eigenvalue weighted by Crippen LogP contribution is -2.15. The molecule has 22 heavy (non-hydrogen) atoms. The Balaban J connectivity index is 2.61. The summed E-state index contributed by atoms with van der Waals surface area (Å²) >= 11 is 0. The molecule has 6 nitrogen and oxygen atoms in total. The number of carbonyl (C=O) groups excluding carboxylic acids is 1. The van der Waals surface area contributed by atoms with Gasteiger partial charge in [0.05, 0.1) is 17.1 Å². The molecule has 1 rings (SSSR count). The summed E-state index contributed by atoms with van der Waals surface area (Å²) in [6.45, 7) is 2.42. The quantitative estimate of drug-likeness (QED) is 0.551. The molecule has 1 N–H and O–H groups in total. The van der Waals surface area contributed by atoms with E-state index in [-0.39, 0.29) is 10.5 Å². The minimum atomic E-state index is -3.88. The highest BCUT2D eigenvalue weighted by atomic mass is 32.2. The largest absolute Gasteiger partial charge is 0.480 e. The van der Waals surface area contributed by atoms with Crippen LogP contribution in [-0.4, -0.2) is 37.8 Å². The maximum atomic E-state index is 11.8. The molecule has 0 amide bonds. The number of benzene rings is 1. The zero-order valence-electron chi connectivity index (χ0n) is 12.4. The first-order valence-corrected chi connectivity index (χ1v) is 8.74. The second kappa shape index (κ2) is 8.53. The molecule has 0 aromatic heterocycles. The maximum absolute atomic E-state index is 11.8. The normalized spacial score (nSPS) is 11.1. The van der Waals surface area contributed by atoms with Crippen LogP contribution >= 0.6 is 0 Å². The number of hydrogen-bond acceptors (Lipinski definition) is 5. The monoisotopic (exact) mass is 328 g/mol. The zero-order chi connectivity index (χ0) is 16.6. The van der Waals surface area contributed by atoms with Gasteiger partial charge in [-0.15, -0.1) is 0 Å². The number of ether oxygens (including phenoxy) is 1. The van der Waals surface area contributed by atoms with Crippen LogP contribution in [0.5, 0.6) is 0 Å². The molecule has 0 bridgehead atoms. The number of hydrogen-bond donors (Lipinski definition) is 1. The molecule has 0 aliphatic heterocycles. The number of carboxylic acid groups (broad SMARTS) is 1. The zero-order valence-corrected chi connectivity index (χ0v) is 13.3. The van der Waals surface area contributed by atoms with Crippen LogP contribution in [0.1, 0.15) is 43.0 Å². The number of aliphatic carboxylic acids is 1. The summed E-state index contributed by atoms with van der Waals surface area (Å²) in [6.07, 6.45) is 3.98. The average molecular weight is 328 g/mol. The van der Waals surface area contributed by atoms with Crippen LogP contribution in [0, 0.1) is 0 Å².